The van der Waals surface area contributed by atoms with Crippen molar-refractivity contribution >= 4 is 5.91 Å². The highest BCUT2D eigenvalue weighted by Gasteiger charge is 2.33. The number of halogens is 4. The molecule has 0 bridgehead atoms. The lowest BCUT2D eigenvalue weighted by Gasteiger charge is -2.32. The molecule has 32 heavy (non-hydrogen) atoms. The molecule has 0 unspecified atom stereocenters. The Hall–Kier alpha value is -3.50. The highest BCUT2D eigenvalue weighted by Crippen LogP contribution is 2.28. The summed E-state index contributed by atoms with van der Waals surface area (Å²) in [5, 5.41) is 6.39. The number of aromatic amines is 1. The lowest BCUT2D eigenvalue weighted by Crippen LogP contribution is -2.39. The van der Waals surface area contributed by atoms with Crippen molar-refractivity contribution in [2.24, 2.45) is 5.92 Å². The minimum atomic E-state index is -4.56. The first-order valence-corrected chi connectivity index (χ1v) is 9.98. The zero-order valence-corrected chi connectivity index (χ0v) is 16.8. The van der Waals surface area contributed by atoms with Crippen molar-refractivity contribution in [2.75, 3.05) is 13.1 Å². The third kappa shape index (κ3) is 4.41. The fraction of sp³-hybridized carbons (Fsp3) is 0.333. The Labute approximate surface area is 179 Å². The lowest BCUT2D eigenvalue weighted by atomic mass is 9.93. The maximum atomic E-state index is 14.2. The first-order chi connectivity index (χ1) is 15.2. The number of rotatable bonds is 4. The molecule has 1 N–H and O–H groups in total. The van der Waals surface area contributed by atoms with E-state index in [1.165, 1.54) is 22.8 Å². The quantitative estimate of drug-likeness (QED) is 0.620. The summed E-state index contributed by atoms with van der Waals surface area (Å²) in [4.78, 5) is 29.7. The van der Waals surface area contributed by atoms with Crippen molar-refractivity contribution in [1.82, 2.24) is 24.6 Å². The molecule has 0 saturated carbocycles. The molecule has 4 rings (SSSR count). The van der Waals surface area contributed by atoms with Crippen molar-refractivity contribution in [2.45, 2.75) is 25.4 Å². The fourth-order valence-electron chi connectivity index (χ4n) is 3.82. The third-order valence-electron chi connectivity index (χ3n) is 5.51. The largest absolute Gasteiger partial charge is 0.433 e. The minimum Gasteiger partial charge on any atom is -0.339 e. The molecule has 1 amide bonds. The highest BCUT2D eigenvalue weighted by molar-refractivity contribution is 5.94. The van der Waals surface area contributed by atoms with Gasteiger partial charge in [0, 0.05) is 25.7 Å². The van der Waals surface area contributed by atoms with E-state index in [-0.39, 0.29) is 23.1 Å². The number of hydrogen-bond donors (Lipinski definition) is 1. The summed E-state index contributed by atoms with van der Waals surface area (Å²) in [5.74, 6) is -0.419. The van der Waals surface area contributed by atoms with Gasteiger partial charge < -0.3 is 4.90 Å². The smallest absolute Gasteiger partial charge is 0.339 e. The van der Waals surface area contributed by atoms with Crippen molar-refractivity contribution in [1.29, 1.82) is 0 Å². The molecule has 0 aliphatic carbocycles. The first-order valence-electron chi connectivity index (χ1n) is 9.98. The number of para-hydroxylation sites is 1. The predicted octanol–water partition coefficient (Wildman–Crippen LogP) is 3.21. The van der Waals surface area contributed by atoms with Gasteiger partial charge in [0.25, 0.3) is 5.91 Å². The Kier molecular flexibility index (Phi) is 5.81. The van der Waals surface area contributed by atoms with Gasteiger partial charge in [-0.15, -0.1) is 0 Å². The van der Waals surface area contributed by atoms with Crippen molar-refractivity contribution in [3.63, 3.8) is 0 Å². The molecule has 1 aliphatic rings. The van der Waals surface area contributed by atoms with Crippen LogP contribution in [0.2, 0.25) is 0 Å². The number of likely N-dealkylation sites (tertiary alicyclic amines) is 1. The Morgan fingerprint density at radius 3 is 2.47 bits per heavy atom. The van der Waals surface area contributed by atoms with Crippen LogP contribution in [0, 0.1) is 11.7 Å². The zero-order valence-electron chi connectivity index (χ0n) is 16.8. The summed E-state index contributed by atoms with van der Waals surface area (Å²) >= 11 is 0. The number of aromatic nitrogens is 4. The average molecular weight is 449 g/mol. The van der Waals surface area contributed by atoms with Gasteiger partial charge in [0.15, 0.2) is 0 Å². The molecule has 1 fully saturated rings. The summed E-state index contributed by atoms with van der Waals surface area (Å²) < 4.78 is 53.3. The average Bonchev–Trinajstić information content (AvgIpc) is 3.13. The standard InChI is InChI=1S/C21H19F4N5O2/c22-15-3-1-2-4-16(15)30-18(27-28-20(30)32)11-13-7-9-29(10-8-13)19(31)14-5-6-17(26-12-14)21(23,24)25/h1-6,12-13H,7-11H2,(H,28,32). The number of carbonyl (C=O) groups excluding carboxylic acids is 1. The van der Waals surface area contributed by atoms with E-state index in [2.05, 4.69) is 15.2 Å². The summed E-state index contributed by atoms with van der Waals surface area (Å²) in [5.41, 5.74) is -1.37. The molecule has 0 atom stereocenters. The third-order valence-corrected chi connectivity index (χ3v) is 5.51. The second kappa shape index (κ2) is 8.56. The molecule has 1 saturated heterocycles. The molecule has 3 aromatic rings. The molecule has 2 aromatic heterocycles. The van der Waals surface area contributed by atoms with Gasteiger partial charge in [0.1, 0.15) is 17.3 Å². The number of nitrogens with one attached hydrogen (secondary N) is 1. The van der Waals surface area contributed by atoms with E-state index in [1.54, 1.807) is 11.0 Å². The second-order valence-corrected chi connectivity index (χ2v) is 7.60. The molecule has 11 heteroatoms. The molecular formula is C21H19F4N5O2. The van der Waals surface area contributed by atoms with E-state index in [9.17, 15) is 27.2 Å². The number of benzene rings is 1. The van der Waals surface area contributed by atoms with Gasteiger partial charge in [0.2, 0.25) is 0 Å². The van der Waals surface area contributed by atoms with Gasteiger partial charge in [-0.25, -0.2) is 18.9 Å². The molecule has 1 aromatic carbocycles. The van der Waals surface area contributed by atoms with E-state index in [4.69, 9.17) is 0 Å². The zero-order chi connectivity index (χ0) is 22.9. The van der Waals surface area contributed by atoms with E-state index in [1.807, 2.05) is 0 Å². The summed E-state index contributed by atoms with van der Waals surface area (Å²) in [6.07, 6.45) is -1.99. The Balaban J connectivity index is 1.41. The number of hydrogen-bond acceptors (Lipinski definition) is 4. The highest BCUT2D eigenvalue weighted by atomic mass is 19.4. The maximum Gasteiger partial charge on any atom is 0.433 e. The van der Waals surface area contributed by atoms with E-state index < -0.39 is 23.4 Å². The molecule has 0 spiro atoms. The second-order valence-electron chi connectivity index (χ2n) is 7.60. The fourth-order valence-corrected chi connectivity index (χ4v) is 3.82. The van der Waals surface area contributed by atoms with Gasteiger partial charge >= 0.3 is 11.9 Å². The normalized spacial score (nSPS) is 15.2. The van der Waals surface area contributed by atoms with Crippen LogP contribution in [0.1, 0.15) is 34.7 Å². The predicted molar refractivity (Wildman–Crippen MR) is 106 cm³/mol. The SMILES string of the molecule is O=C(c1ccc(C(F)(F)F)nc1)N1CCC(Cc2n[nH]c(=O)n2-c2ccccc2F)CC1. The van der Waals surface area contributed by atoms with E-state index >= 15 is 0 Å². The number of pyridine rings is 1. The number of alkyl halides is 3. The molecule has 168 valence electrons. The number of nitrogens with zero attached hydrogens (tertiary/aromatic N) is 4. The Morgan fingerprint density at radius 2 is 1.84 bits per heavy atom. The van der Waals surface area contributed by atoms with Crippen LogP contribution in [0.3, 0.4) is 0 Å². The van der Waals surface area contributed by atoms with Crippen LogP contribution in [0.15, 0.2) is 47.4 Å². The molecular weight excluding hydrogens is 430 g/mol. The monoisotopic (exact) mass is 449 g/mol. The van der Waals surface area contributed by atoms with Crippen LogP contribution in [0.4, 0.5) is 17.6 Å². The molecule has 1 aliphatic heterocycles. The van der Waals surface area contributed by atoms with Crippen LogP contribution in [0.25, 0.3) is 5.69 Å². The van der Waals surface area contributed by atoms with Crippen LogP contribution in [0.5, 0.6) is 0 Å². The Bertz CT molecular complexity index is 1160. The van der Waals surface area contributed by atoms with Crippen LogP contribution < -0.4 is 5.69 Å². The molecule has 3 heterocycles. The summed E-state index contributed by atoms with van der Waals surface area (Å²) in [7, 11) is 0. The van der Waals surface area contributed by atoms with Gasteiger partial charge in [-0.1, -0.05) is 12.1 Å². The van der Waals surface area contributed by atoms with Gasteiger partial charge in [-0.3, -0.25) is 9.78 Å². The van der Waals surface area contributed by atoms with Crippen molar-refractivity contribution < 1.29 is 22.4 Å². The lowest BCUT2D eigenvalue weighted by molar-refractivity contribution is -0.141. The topological polar surface area (TPSA) is 83.9 Å². The summed E-state index contributed by atoms with van der Waals surface area (Å²) in [6, 6.07) is 7.83. The molecule has 7 nitrogen and oxygen atoms in total. The first kappa shape index (κ1) is 21.7. The van der Waals surface area contributed by atoms with E-state index in [0.717, 1.165) is 18.3 Å². The maximum absolute atomic E-state index is 14.2. The number of amides is 1. The molecule has 0 radical (unpaired) electrons. The number of piperidine rings is 1. The van der Waals surface area contributed by atoms with Gasteiger partial charge in [0.05, 0.1) is 11.3 Å². The van der Waals surface area contributed by atoms with Gasteiger partial charge in [-0.05, 0) is 43.0 Å². The van der Waals surface area contributed by atoms with Gasteiger partial charge in [-0.2, -0.15) is 18.3 Å². The van der Waals surface area contributed by atoms with E-state index in [0.29, 0.717) is 38.2 Å². The van der Waals surface area contributed by atoms with Crippen molar-refractivity contribution in [3.05, 3.63) is 76.0 Å². The van der Waals surface area contributed by atoms with Crippen LogP contribution in [-0.2, 0) is 12.6 Å². The van der Waals surface area contributed by atoms with Crippen LogP contribution in [-0.4, -0.2) is 43.6 Å². The number of carbonyl (C=O) groups is 1. The number of H-pyrrole nitrogens is 1. The van der Waals surface area contributed by atoms with Crippen molar-refractivity contribution in [3.8, 4) is 5.69 Å². The van der Waals surface area contributed by atoms with Crippen LogP contribution >= 0.6 is 0 Å². The Morgan fingerprint density at radius 1 is 1.12 bits per heavy atom. The summed E-state index contributed by atoms with van der Waals surface area (Å²) in [6.45, 7) is 0.803. The minimum absolute atomic E-state index is 0.0946.